The van der Waals surface area contributed by atoms with Crippen LogP contribution in [0.4, 0.5) is 0 Å². The van der Waals surface area contributed by atoms with Crippen LogP contribution < -0.4 is 0 Å². The lowest BCUT2D eigenvalue weighted by Gasteiger charge is -2.00. The SMILES string of the molecule is Cc1ccc(-c2nn3c(CSCCc4ccccc4)nnc3s2)cn1. The highest BCUT2D eigenvalue weighted by Gasteiger charge is 2.13. The van der Waals surface area contributed by atoms with E-state index in [-0.39, 0.29) is 0 Å². The van der Waals surface area contributed by atoms with Crippen LogP contribution in [-0.4, -0.2) is 30.5 Å². The first-order chi connectivity index (χ1) is 12.3. The van der Waals surface area contributed by atoms with Gasteiger partial charge in [0.2, 0.25) is 4.96 Å². The molecule has 0 N–H and O–H groups in total. The third-order valence-electron chi connectivity index (χ3n) is 3.82. The average molecular weight is 368 g/mol. The molecule has 5 nitrogen and oxygen atoms in total. The number of nitrogens with zero attached hydrogens (tertiary/aromatic N) is 5. The van der Waals surface area contributed by atoms with Crippen LogP contribution in [0.25, 0.3) is 15.5 Å². The highest BCUT2D eigenvalue weighted by atomic mass is 32.2. The number of pyridine rings is 1. The maximum absolute atomic E-state index is 4.67. The summed E-state index contributed by atoms with van der Waals surface area (Å²) in [6, 6.07) is 14.6. The first kappa shape index (κ1) is 16.2. The van der Waals surface area contributed by atoms with Crippen LogP contribution in [0.15, 0.2) is 48.7 Å². The summed E-state index contributed by atoms with van der Waals surface area (Å²) in [4.78, 5) is 5.17. The van der Waals surface area contributed by atoms with Crippen molar-refractivity contribution in [2.45, 2.75) is 19.1 Å². The second kappa shape index (κ2) is 7.33. The van der Waals surface area contributed by atoms with Crippen molar-refractivity contribution < 1.29 is 0 Å². The van der Waals surface area contributed by atoms with Crippen molar-refractivity contribution in [3.63, 3.8) is 0 Å². The van der Waals surface area contributed by atoms with Gasteiger partial charge in [0, 0.05) is 17.5 Å². The van der Waals surface area contributed by atoms with E-state index in [1.165, 1.54) is 5.56 Å². The molecule has 0 aliphatic rings. The first-order valence-corrected chi connectivity index (χ1v) is 10.0. The molecule has 3 heterocycles. The lowest BCUT2D eigenvalue weighted by atomic mass is 10.2. The molecule has 25 heavy (non-hydrogen) atoms. The average Bonchev–Trinajstić information content (AvgIpc) is 3.22. The van der Waals surface area contributed by atoms with Crippen molar-refractivity contribution in [1.82, 2.24) is 24.8 Å². The van der Waals surface area contributed by atoms with Crippen molar-refractivity contribution in [1.29, 1.82) is 0 Å². The first-order valence-electron chi connectivity index (χ1n) is 8.05. The molecule has 0 saturated heterocycles. The Morgan fingerprint density at radius 3 is 2.76 bits per heavy atom. The predicted molar refractivity (Wildman–Crippen MR) is 103 cm³/mol. The fraction of sp³-hybridized carbons (Fsp3) is 0.222. The molecule has 0 unspecified atom stereocenters. The van der Waals surface area contributed by atoms with Gasteiger partial charge >= 0.3 is 0 Å². The highest BCUT2D eigenvalue weighted by Crippen LogP contribution is 2.25. The minimum atomic E-state index is 0.809. The summed E-state index contributed by atoms with van der Waals surface area (Å²) in [5.74, 6) is 2.76. The lowest BCUT2D eigenvalue weighted by Crippen LogP contribution is -1.96. The van der Waals surface area contributed by atoms with Gasteiger partial charge in [0.25, 0.3) is 0 Å². The molecular weight excluding hydrogens is 350 g/mol. The zero-order valence-electron chi connectivity index (χ0n) is 13.8. The van der Waals surface area contributed by atoms with E-state index >= 15 is 0 Å². The van der Waals surface area contributed by atoms with Crippen molar-refractivity contribution in [3.8, 4) is 10.6 Å². The number of aryl methyl sites for hydroxylation is 2. The van der Waals surface area contributed by atoms with Crippen LogP contribution in [0.5, 0.6) is 0 Å². The summed E-state index contributed by atoms with van der Waals surface area (Å²) in [5.41, 5.74) is 3.38. The van der Waals surface area contributed by atoms with Crippen molar-refractivity contribution in [2.24, 2.45) is 0 Å². The molecule has 0 saturated carbocycles. The van der Waals surface area contributed by atoms with Gasteiger partial charge in [-0.3, -0.25) is 4.98 Å². The molecule has 0 fully saturated rings. The van der Waals surface area contributed by atoms with Gasteiger partial charge in [-0.15, -0.1) is 10.2 Å². The zero-order chi connectivity index (χ0) is 17.1. The van der Waals surface area contributed by atoms with Gasteiger partial charge in [0.15, 0.2) is 5.82 Å². The van der Waals surface area contributed by atoms with Crippen molar-refractivity contribution in [2.75, 3.05) is 5.75 Å². The molecule has 0 radical (unpaired) electrons. The number of hydrogen-bond donors (Lipinski definition) is 0. The van der Waals surface area contributed by atoms with Gasteiger partial charge in [-0.1, -0.05) is 41.7 Å². The Bertz CT molecular complexity index is 960. The van der Waals surface area contributed by atoms with Crippen molar-refractivity contribution in [3.05, 3.63) is 65.7 Å². The third kappa shape index (κ3) is 3.72. The number of rotatable bonds is 6. The summed E-state index contributed by atoms with van der Waals surface area (Å²) in [7, 11) is 0. The van der Waals surface area contributed by atoms with Crippen LogP contribution in [0, 0.1) is 6.92 Å². The van der Waals surface area contributed by atoms with Crippen LogP contribution >= 0.6 is 23.1 Å². The molecule has 0 atom stereocenters. The van der Waals surface area contributed by atoms with E-state index in [1.807, 2.05) is 47.6 Å². The van der Waals surface area contributed by atoms with Crippen molar-refractivity contribution >= 4 is 28.1 Å². The van der Waals surface area contributed by atoms with E-state index in [0.717, 1.165) is 45.0 Å². The van der Waals surface area contributed by atoms with E-state index in [0.29, 0.717) is 0 Å². The number of aromatic nitrogens is 5. The fourth-order valence-electron chi connectivity index (χ4n) is 2.46. The van der Waals surface area contributed by atoms with Gasteiger partial charge in [0.05, 0.1) is 5.75 Å². The molecule has 0 aliphatic heterocycles. The summed E-state index contributed by atoms with van der Waals surface area (Å²) < 4.78 is 1.86. The summed E-state index contributed by atoms with van der Waals surface area (Å²) >= 11 is 3.40. The smallest absolute Gasteiger partial charge is 0.235 e. The Kier molecular flexibility index (Phi) is 4.76. The molecule has 0 amide bonds. The second-order valence-electron chi connectivity index (χ2n) is 5.69. The molecule has 0 bridgehead atoms. The Labute approximate surface area is 154 Å². The second-order valence-corrected chi connectivity index (χ2v) is 7.76. The highest BCUT2D eigenvalue weighted by molar-refractivity contribution is 7.98. The van der Waals surface area contributed by atoms with Gasteiger partial charge < -0.3 is 0 Å². The van der Waals surface area contributed by atoms with Gasteiger partial charge in [-0.2, -0.15) is 21.4 Å². The van der Waals surface area contributed by atoms with Crippen LogP contribution in [-0.2, 0) is 12.2 Å². The van der Waals surface area contributed by atoms with E-state index in [2.05, 4.69) is 44.5 Å². The molecule has 4 aromatic rings. The molecule has 7 heteroatoms. The maximum Gasteiger partial charge on any atom is 0.235 e. The Morgan fingerprint density at radius 2 is 1.96 bits per heavy atom. The largest absolute Gasteiger partial charge is 0.261 e. The molecule has 4 rings (SSSR count). The number of thioether (sulfide) groups is 1. The quantitative estimate of drug-likeness (QED) is 0.482. The van der Waals surface area contributed by atoms with Gasteiger partial charge in [-0.05, 0) is 36.8 Å². The van der Waals surface area contributed by atoms with E-state index < -0.39 is 0 Å². The summed E-state index contributed by atoms with van der Waals surface area (Å²) in [5, 5.41) is 14.1. The number of hydrogen-bond acceptors (Lipinski definition) is 6. The third-order valence-corrected chi connectivity index (χ3v) is 5.73. The number of benzene rings is 1. The Hall–Kier alpha value is -2.25. The normalized spacial score (nSPS) is 11.2. The minimum absolute atomic E-state index is 0.809. The van der Waals surface area contributed by atoms with E-state index in [4.69, 9.17) is 0 Å². The van der Waals surface area contributed by atoms with Gasteiger partial charge in [0.1, 0.15) is 5.01 Å². The lowest BCUT2D eigenvalue weighted by molar-refractivity contribution is 0.886. The van der Waals surface area contributed by atoms with Gasteiger partial charge in [-0.25, -0.2) is 0 Å². The molecule has 0 aliphatic carbocycles. The molecule has 126 valence electrons. The maximum atomic E-state index is 4.67. The summed E-state index contributed by atoms with van der Waals surface area (Å²) in [6.45, 7) is 1.98. The van der Waals surface area contributed by atoms with Crippen LogP contribution in [0.2, 0.25) is 0 Å². The minimum Gasteiger partial charge on any atom is -0.261 e. The number of fused-ring (bicyclic) bond motifs is 1. The fourth-order valence-corrected chi connectivity index (χ4v) is 4.19. The predicted octanol–water partition coefficient (Wildman–Crippen LogP) is 4.03. The molecular formula is C18H17N5S2. The molecule has 3 aromatic heterocycles. The van der Waals surface area contributed by atoms with Crippen LogP contribution in [0.3, 0.4) is 0 Å². The standard InChI is InChI=1S/C18H17N5S2/c1-13-7-8-15(11-19-13)17-22-23-16(20-21-18(23)25-17)12-24-10-9-14-5-3-2-4-6-14/h2-8,11H,9-10,12H2,1H3. The molecule has 1 aromatic carbocycles. The van der Waals surface area contributed by atoms with E-state index in [9.17, 15) is 0 Å². The molecule has 0 spiro atoms. The summed E-state index contributed by atoms with van der Waals surface area (Å²) in [6.07, 6.45) is 2.92. The Morgan fingerprint density at radius 1 is 1.08 bits per heavy atom. The topological polar surface area (TPSA) is 56.0 Å². The van der Waals surface area contributed by atoms with Crippen LogP contribution in [0.1, 0.15) is 17.1 Å². The Balaban J connectivity index is 1.43. The zero-order valence-corrected chi connectivity index (χ0v) is 15.4. The van der Waals surface area contributed by atoms with E-state index in [1.54, 1.807) is 11.3 Å². The monoisotopic (exact) mass is 367 g/mol.